The minimum Gasteiger partial charge on any atom is -0.381 e. The second-order valence-electron chi connectivity index (χ2n) is 4.82. The van der Waals surface area contributed by atoms with E-state index >= 15 is 0 Å². The van der Waals surface area contributed by atoms with Gasteiger partial charge in [-0.15, -0.1) is 0 Å². The van der Waals surface area contributed by atoms with Gasteiger partial charge in [0.15, 0.2) is 0 Å². The Morgan fingerprint density at radius 3 is 2.67 bits per heavy atom. The normalized spacial score (nSPS) is 20.8. The van der Waals surface area contributed by atoms with Gasteiger partial charge in [0.05, 0.1) is 0 Å². The Kier molecular flexibility index (Phi) is 6.22. The maximum absolute atomic E-state index is 5.52. The predicted octanol–water partition coefficient (Wildman–Crippen LogP) is 1.47. The maximum atomic E-state index is 5.52. The Labute approximate surface area is 94.0 Å². The molecule has 90 valence electrons. The SMILES string of the molecule is CC(CCCN)CN(C)C1CCOCC1. The van der Waals surface area contributed by atoms with Crippen molar-refractivity contribution in [3.8, 4) is 0 Å². The summed E-state index contributed by atoms with van der Waals surface area (Å²) in [5.41, 5.74) is 5.52. The van der Waals surface area contributed by atoms with Crippen LogP contribution in [-0.4, -0.2) is 44.3 Å². The summed E-state index contributed by atoms with van der Waals surface area (Å²) in [6.45, 7) is 6.22. The fraction of sp³-hybridized carbons (Fsp3) is 1.00. The molecule has 2 N–H and O–H groups in total. The van der Waals surface area contributed by atoms with Crippen LogP contribution < -0.4 is 5.73 Å². The molecule has 3 nitrogen and oxygen atoms in total. The second kappa shape index (κ2) is 7.20. The van der Waals surface area contributed by atoms with Gasteiger partial charge in [-0.3, -0.25) is 0 Å². The van der Waals surface area contributed by atoms with Crippen molar-refractivity contribution in [2.75, 3.05) is 33.4 Å². The van der Waals surface area contributed by atoms with Gasteiger partial charge in [0.2, 0.25) is 0 Å². The third-order valence-electron chi connectivity index (χ3n) is 3.31. The lowest BCUT2D eigenvalue weighted by atomic mass is 10.0. The van der Waals surface area contributed by atoms with E-state index in [0.717, 1.165) is 38.1 Å². The van der Waals surface area contributed by atoms with Gasteiger partial charge < -0.3 is 15.4 Å². The maximum Gasteiger partial charge on any atom is 0.0480 e. The minimum absolute atomic E-state index is 0.735. The molecule has 15 heavy (non-hydrogen) atoms. The molecular weight excluding hydrogens is 188 g/mol. The first kappa shape index (κ1) is 12.9. The van der Waals surface area contributed by atoms with Gasteiger partial charge in [-0.1, -0.05) is 6.92 Å². The summed E-state index contributed by atoms with van der Waals surface area (Å²) in [6, 6.07) is 0.735. The van der Waals surface area contributed by atoms with E-state index in [4.69, 9.17) is 10.5 Å². The molecule has 0 saturated carbocycles. The molecule has 3 heteroatoms. The Morgan fingerprint density at radius 1 is 1.40 bits per heavy atom. The van der Waals surface area contributed by atoms with Crippen LogP contribution in [0.25, 0.3) is 0 Å². The molecule has 1 atom stereocenters. The monoisotopic (exact) mass is 214 g/mol. The molecule has 1 aliphatic rings. The van der Waals surface area contributed by atoms with Crippen LogP contribution in [0, 0.1) is 5.92 Å². The molecule has 0 aromatic heterocycles. The van der Waals surface area contributed by atoms with Crippen LogP contribution in [0.1, 0.15) is 32.6 Å². The molecule has 1 fully saturated rings. The molecule has 0 aromatic carbocycles. The Morgan fingerprint density at radius 2 is 2.07 bits per heavy atom. The molecule has 1 unspecified atom stereocenters. The minimum atomic E-state index is 0.735. The molecule has 0 aliphatic carbocycles. The first-order chi connectivity index (χ1) is 7.24. The molecule has 0 aromatic rings. The summed E-state index contributed by atoms with van der Waals surface area (Å²) in [7, 11) is 2.24. The number of ether oxygens (including phenoxy) is 1. The van der Waals surface area contributed by atoms with Crippen molar-refractivity contribution in [1.29, 1.82) is 0 Å². The zero-order valence-corrected chi connectivity index (χ0v) is 10.2. The van der Waals surface area contributed by atoms with E-state index in [2.05, 4.69) is 18.9 Å². The standard InChI is InChI=1S/C12H26N2O/c1-11(4-3-7-13)10-14(2)12-5-8-15-9-6-12/h11-12H,3-10,13H2,1-2H3. The van der Waals surface area contributed by atoms with E-state index < -0.39 is 0 Å². The Balaban J connectivity index is 2.17. The number of hydrogen-bond donors (Lipinski definition) is 1. The van der Waals surface area contributed by atoms with E-state index in [1.54, 1.807) is 0 Å². The van der Waals surface area contributed by atoms with Gasteiger partial charge in [0.25, 0.3) is 0 Å². The summed E-state index contributed by atoms with van der Waals surface area (Å²) < 4.78 is 5.38. The Hall–Kier alpha value is -0.120. The molecule has 0 bridgehead atoms. The highest BCUT2D eigenvalue weighted by Crippen LogP contribution is 2.15. The molecule has 0 amide bonds. The van der Waals surface area contributed by atoms with Crippen LogP contribution in [0.4, 0.5) is 0 Å². The first-order valence-corrected chi connectivity index (χ1v) is 6.22. The summed E-state index contributed by atoms with van der Waals surface area (Å²) in [6.07, 6.45) is 4.80. The third-order valence-corrected chi connectivity index (χ3v) is 3.31. The van der Waals surface area contributed by atoms with Crippen LogP contribution in [0.2, 0.25) is 0 Å². The van der Waals surface area contributed by atoms with Gasteiger partial charge in [-0.25, -0.2) is 0 Å². The number of hydrogen-bond acceptors (Lipinski definition) is 3. The van der Waals surface area contributed by atoms with E-state index in [-0.39, 0.29) is 0 Å². The fourth-order valence-electron chi connectivity index (χ4n) is 2.32. The van der Waals surface area contributed by atoms with E-state index in [1.807, 2.05) is 0 Å². The fourth-order valence-corrected chi connectivity index (χ4v) is 2.32. The molecule has 1 aliphatic heterocycles. The lowest BCUT2D eigenvalue weighted by Crippen LogP contribution is -2.39. The molecular formula is C12H26N2O. The zero-order chi connectivity index (χ0) is 11.1. The van der Waals surface area contributed by atoms with Crippen LogP contribution in [-0.2, 0) is 4.74 Å². The van der Waals surface area contributed by atoms with Crippen molar-refractivity contribution in [3.05, 3.63) is 0 Å². The molecule has 1 rings (SSSR count). The van der Waals surface area contributed by atoms with Gasteiger partial charge in [-0.05, 0) is 45.2 Å². The van der Waals surface area contributed by atoms with Gasteiger partial charge in [0, 0.05) is 25.8 Å². The molecule has 0 spiro atoms. The third kappa shape index (κ3) is 4.96. The van der Waals surface area contributed by atoms with Crippen molar-refractivity contribution in [3.63, 3.8) is 0 Å². The Bertz CT molecular complexity index is 158. The van der Waals surface area contributed by atoms with Crippen LogP contribution in [0.15, 0.2) is 0 Å². The van der Waals surface area contributed by atoms with Gasteiger partial charge >= 0.3 is 0 Å². The average molecular weight is 214 g/mol. The summed E-state index contributed by atoms with van der Waals surface area (Å²) in [5.74, 6) is 0.765. The van der Waals surface area contributed by atoms with Crippen molar-refractivity contribution in [2.24, 2.45) is 11.7 Å². The quantitative estimate of drug-likeness (QED) is 0.728. The van der Waals surface area contributed by atoms with Crippen LogP contribution in [0.3, 0.4) is 0 Å². The number of nitrogens with zero attached hydrogens (tertiary/aromatic N) is 1. The summed E-state index contributed by atoms with van der Waals surface area (Å²) in [5, 5.41) is 0. The van der Waals surface area contributed by atoms with Gasteiger partial charge in [-0.2, -0.15) is 0 Å². The molecule has 0 radical (unpaired) electrons. The number of nitrogens with two attached hydrogens (primary N) is 1. The van der Waals surface area contributed by atoms with E-state index in [0.29, 0.717) is 0 Å². The van der Waals surface area contributed by atoms with Gasteiger partial charge in [0.1, 0.15) is 0 Å². The van der Waals surface area contributed by atoms with E-state index in [9.17, 15) is 0 Å². The largest absolute Gasteiger partial charge is 0.381 e. The van der Waals surface area contributed by atoms with Crippen molar-refractivity contribution >= 4 is 0 Å². The van der Waals surface area contributed by atoms with Crippen LogP contribution >= 0.6 is 0 Å². The van der Waals surface area contributed by atoms with E-state index in [1.165, 1.54) is 25.8 Å². The summed E-state index contributed by atoms with van der Waals surface area (Å²) >= 11 is 0. The lowest BCUT2D eigenvalue weighted by Gasteiger charge is -2.32. The number of rotatable bonds is 6. The topological polar surface area (TPSA) is 38.5 Å². The molecule has 1 saturated heterocycles. The first-order valence-electron chi connectivity index (χ1n) is 6.22. The van der Waals surface area contributed by atoms with Crippen molar-refractivity contribution in [2.45, 2.75) is 38.6 Å². The average Bonchev–Trinajstić information content (AvgIpc) is 2.27. The smallest absolute Gasteiger partial charge is 0.0480 e. The second-order valence-corrected chi connectivity index (χ2v) is 4.82. The lowest BCUT2D eigenvalue weighted by molar-refractivity contribution is 0.0386. The van der Waals surface area contributed by atoms with Crippen molar-refractivity contribution < 1.29 is 4.74 Å². The van der Waals surface area contributed by atoms with Crippen molar-refractivity contribution in [1.82, 2.24) is 4.90 Å². The summed E-state index contributed by atoms with van der Waals surface area (Å²) in [4.78, 5) is 2.50. The predicted molar refractivity (Wildman–Crippen MR) is 63.9 cm³/mol. The zero-order valence-electron chi connectivity index (χ0n) is 10.2. The molecule has 1 heterocycles. The highest BCUT2D eigenvalue weighted by atomic mass is 16.5. The highest BCUT2D eigenvalue weighted by molar-refractivity contribution is 4.73. The van der Waals surface area contributed by atoms with Crippen LogP contribution in [0.5, 0.6) is 0 Å². The highest BCUT2D eigenvalue weighted by Gasteiger charge is 2.19.